The number of nitrogens with two attached hydrogens (primary N) is 1. The number of rotatable bonds is 8. The van der Waals surface area contributed by atoms with E-state index in [-0.39, 0.29) is 17.5 Å². The lowest BCUT2D eigenvalue weighted by molar-refractivity contribution is 0.0564. The lowest BCUT2D eigenvalue weighted by Crippen LogP contribution is -2.43. The molecule has 0 saturated carbocycles. The number of carbonyl (C=O) groups is 2. The third-order valence-electron chi connectivity index (χ3n) is 5.37. The van der Waals surface area contributed by atoms with Gasteiger partial charge in [-0.1, -0.05) is 41.9 Å². The summed E-state index contributed by atoms with van der Waals surface area (Å²) in [5, 5.41) is 9.47. The molecule has 1 aliphatic rings. The molecular weight excluding hydrogens is 470 g/mol. The second kappa shape index (κ2) is 11.5. The van der Waals surface area contributed by atoms with Crippen molar-refractivity contribution < 1.29 is 14.3 Å². The van der Waals surface area contributed by atoms with E-state index in [2.05, 4.69) is 25.9 Å². The van der Waals surface area contributed by atoms with E-state index in [0.717, 1.165) is 12.0 Å². The van der Waals surface area contributed by atoms with E-state index in [1.165, 1.54) is 6.20 Å². The van der Waals surface area contributed by atoms with Crippen LogP contribution in [0.15, 0.2) is 54.7 Å². The Labute approximate surface area is 207 Å². The second-order valence-electron chi connectivity index (χ2n) is 7.83. The van der Waals surface area contributed by atoms with Crippen molar-refractivity contribution in [2.75, 3.05) is 48.8 Å². The fraction of sp³-hybridized carbons (Fsp3) is 0.250. The van der Waals surface area contributed by atoms with E-state index in [1.807, 2.05) is 30.3 Å². The summed E-state index contributed by atoms with van der Waals surface area (Å²) < 4.78 is 5.28. The number of hydrogen-bond acceptors (Lipinski definition) is 7. The minimum Gasteiger partial charge on any atom is -0.378 e. The number of ether oxygens (including phenoxy) is 1. The number of benzene rings is 2. The van der Waals surface area contributed by atoms with Crippen LogP contribution in [0.1, 0.15) is 15.9 Å². The number of halogens is 1. The molecule has 3 amide bonds. The predicted molar refractivity (Wildman–Crippen MR) is 135 cm³/mol. The SMILES string of the molecule is NC(=O)c1cnc(Nc2ccc(Cl)c(NC(=O)N3CCOCC3)c2)nc1NCCc1ccccc1. The van der Waals surface area contributed by atoms with Crippen molar-refractivity contribution in [3.63, 3.8) is 0 Å². The van der Waals surface area contributed by atoms with E-state index in [9.17, 15) is 9.59 Å². The zero-order valence-electron chi connectivity index (χ0n) is 19.0. The number of nitrogens with one attached hydrogen (secondary N) is 3. The molecule has 0 radical (unpaired) electrons. The fourth-order valence-corrected chi connectivity index (χ4v) is 3.68. The summed E-state index contributed by atoms with van der Waals surface area (Å²) in [6, 6.07) is 14.8. The van der Waals surface area contributed by atoms with Gasteiger partial charge in [0.25, 0.3) is 5.91 Å². The van der Waals surface area contributed by atoms with Crippen LogP contribution in [0, 0.1) is 0 Å². The Morgan fingerprint density at radius 2 is 1.89 bits per heavy atom. The van der Waals surface area contributed by atoms with Crippen molar-refractivity contribution in [1.29, 1.82) is 0 Å². The van der Waals surface area contributed by atoms with Gasteiger partial charge in [0.1, 0.15) is 5.82 Å². The van der Waals surface area contributed by atoms with Crippen LogP contribution in [-0.4, -0.2) is 59.7 Å². The first-order valence-corrected chi connectivity index (χ1v) is 11.5. The standard InChI is InChI=1S/C24H26ClN7O3/c25-19-7-6-17(14-20(19)30-24(34)32-10-12-35-13-11-32)29-23-28-15-18(21(26)33)22(31-23)27-9-8-16-4-2-1-3-5-16/h1-7,14-15H,8-13H2,(H2,26,33)(H,30,34)(H2,27,28,29,31). The van der Waals surface area contributed by atoms with E-state index in [1.54, 1.807) is 23.1 Å². The highest BCUT2D eigenvalue weighted by molar-refractivity contribution is 6.33. The van der Waals surface area contributed by atoms with Gasteiger partial charge in [-0.15, -0.1) is 0 Å². The summed E-state index contributed by atoms with van der Waals surface area (Å²) in [6.07, 6.45) is 2.12. The topological polar surface area (TPSA) is 134 Å². The van der Waals surface area contributed by atoms with Crippen molar-refractivity contribution >= 4 is 46.7 Å². The van der Waals surface area contributed by atoms with E-state index in [4.69, 9.17) is 22.1 Å². The molecule has 0 atom stereocenters. The number of anilines is 4. The molecule has 1 saturated heterocycles. The van der Waals surface area contributed by atoms with Crippen molar-refractivity contribution in [2.24, 2.45) is 5.73 Å². The Kier molecular flexibility index (Phi) is 7.96. The van der Waals surface area contributed by atoms with Crippen LogP contribution in [0.5, 0.6) is 0 Å². The minimum atomic E-state index is -0.627. The molecule has 0 bridgehead atoms. The normalized spacial score (nSPS) is 13.2. The van der Waals surface area contributed by atoms with Crippen LogP contribution in [0.2, 0.25) is 5.02 Å². The Balaban J connectivity index is 1.46. The molecule has 0 spiro atoms. The molecule has 10 nitrogen and oxygen atoms in total. The van der Waals surface area contributed by atoms with E-state index in [0.29, 0.717) is 55.1 Å². The first-order valence-electron chi connectivity index (χ1n) is 11.1. The summed E-state index contributed by atoms with van der Waals surface area (Å²) in [5.74, 6) is -0.0379. The Hall–Kier alpha value is -3.89. The Morgan fingerprint density at radius 3 is 2.63 bits per heavy atom. The van der Waals surface area contributed by atoms with Gasteiger partial charge in [-0.2, -0.15) is 4.98 Å². The molecule has 0 aliphatic carbocycles. The van der Waals surface area contributed by atoms with Gasteiger partial charge in [-0.25, -0.2) is 9.78 Å². The van der Waals surface area contributed by atoms with Gasteiger partial charge in [0.2, 0.25) is 5.95 Å². The highest BCUT2D eigenvalue weighted by atomic mass is 35.5. The molecule has 11 heteroatoms. The molecule has 5 N–H and O–H groups in total. The van der Waals surface area contributed by atoms with Gasteiger partial charge >= 0.3 is 6.03 Å². The predicted octanol–water partition coefficient (Wildman–Crippen LogP) is 3.49. The van der Waals surface area contributed by atoms with Gasteiger partial charge in [0.05, 0.1) is 29.5 Å². The van der Waals surface area contributed by atoms with Gasteiger partial charge < -0.3 is 31.3 Å². The maximum Gasteiger partial charge on any atom is 0.322 e. The third kappa shape index (κ3) is 6.58. The smallest absolute Gasteiger partial charge is 0.322 e. The van der Waals surface area contributed by atoms with Crippen molar-refractivity contribution in [2.45, 2.75) is 6.42 Å². The zero-order chi connectivity index (χ0) is 24.6. The maximum absolute atomic E-state index is 12.5. The van der Waals surface area contributed by atoms with Gasteiger partial charge in [-0.05, 0) is 30.2 Å². The summed E-state index contributed by atoms with van der Waals surface area (Å²) >= 11 is 6.29. The molecular formula is C24H26ClN7O3. The van der Waals surface area contributed by atoms with Crippen molar-refractivity contribution in [1.82, 2.24) is 14.9 Å². The lowest BCUT2D eigenvalue weighted by Gasteiger charge is -2.27. The Bertz CT molecular complexity index is 1190. The number of hydrogen-bond donors (Lipinski definition) is 4. The van der Waals surface area contributed by atoms with E-state index >= 15 is 0 Å². The molecule has 3 aromatic rings. The highest BCUT2D eigenvalue weighted by Crippen LogP contribution is 2.27. The van der Waals surface area contributed by atoms with Gasteiger partial charge in [0, 0.05) is 31.5 Å². The number of primary amides is 1. The summed E-state index contributed by atoms with van der Waals surface area (Å²) in [5.41, 5.74) is 7.90. The number of urea groups is 1. The van der Waals surface area contributed by atoms with Crippen LogP contribution in [0.4, 0.5) is 27.9 Å². The largest absolute Gasteiger partial charge is 0.378 e. The first kappa shape index (κ1) is 24.2. The molecule has 35 heavy (non-hydrogen) atoms. The van der Waals surface area contributed by atoms with Crippen molar-refractivity contribution in [3.8, 4) is 0 Å². The molecule has 0 unspecified atom stereocenters. The third-order valence-corrected chi connectivity index (χ3v) is 5.70. The maximum atomic E-state index is 12.5. The number of amides is 3. The van der Waals surface area contributed by atoms with Crippen LogP contribution in [0.25, 0.3) is 0 Å². The average Bonchev–Trinajstić information content (AvgIpc) is 2.87. The molecule has 1 aliphatic heterocycles. The monoisotopic (exact) mass is 495 g/mol. The fourth-order valence-electron chi connectivity index (χ4n) is 3.52. The first-order chi connectivity index (χ1) is 17.0. The second-order valence-corrected chi connectivity index (χ2v) is 8.24. The Morgan fingerprint density at radius 1 is 1.11 bits per heavy atom. The summed E-state index contributed by atoms with van der Waals surface area (Å²) in [6.45, 7) is 2.59. The quantitative estimate of drug-likeness (QED) is 0.375. The van der Waals surface area contributed by atoms with Crippen LogP contribution >= 0.6 is 11.6 Å². The minimum absolute atomic E-state index is 0.193. The van der Waals surface area contributed by atoms with Crippen molar-refractivity contribution in [3.05, 3.63) is 70.9 Å². The van der Waals surface area contributed by atoms with Crippen LogP contribution in [0.3, 0.4) is 0 Å². The number of nitrogens with zero attached hydrogens (tertiary/aromatic N) is 3. The number of morpholine rings is 1. The molecule has 4 rings (SSSR count). The lowest BCUT2D eigenvalue weighted by atomic mass is 10.1. The zero-order valence-corrected chi connectivity index (χ0v) is 19.7. The molecule has 1 aromatic heterocycles. The summed E-state index contributed by atoms with van der Waals surface area (Å²) in [4.78, 5) is 34.7. The van der Waals surface area contributed by atoms with Gasteiger partial charge in [0.15, 0.2) is 0 Å². The molecule has 2 aromatic carbocycles. The van der Waals surface area contributed by atoms with Crippen LogP contribution in [-0.2, 0) is 11.2 Å². The average molecular weight is 496 g/mol. The summed E-state index contributed by atoms with van der Waals surface area (Å²) in [7, 11) is 0. The van der Waals surface area contributed by atoms with Crippen LogP contribution < -0.4 is 21.7 Å². The molecule has 2 heterocycles. The highest BCUT2D eigenvalue weighted by Gasteiger charge is 2.18. The van der Waals surface area contributed by atoms with E-state index < -0.39 is 5.91 Å². The number of aromatic nitrogens is 2. The number of carbonyl (C=O) groups excluding carboxylic acids is 2. The molecule has 1 fully saturated rings. The molecule has 182 valence electrons. The van der Waals surface area contributed by atoms with Gasteiger partial charge in [-0.3, -0.25) is 4.79 Å².